The third-order valence-corrected chi connectivity index (χ3v) is 3.81. The average Bonchev–Trinajstić information content (AvgIpc) is 2.61. The second-order valence-corrected chi connectivity index (χ2v) is 5.58. The average molecular weight is 287 g/mol. The van der Waals surface area contributed by atoms with Gasteiger partial charge in [0.15, 0.2) is 0 Å². The van der Waals surface area contributed by atoms with E-state index in [-0.39, 0.29) is 11.5 Å². The van der Waals surface area contributed by atoms with Crippen molar-refractivity contribution in [3.05, 3.63) is 47.2 Å². The van der Waals surface area contributed by atoms with Gasteiger partial charge in [-0.15, -0.1) is 0 Å². The standard InChI is InChI=1S/C16H21N3O2/c1-4-18-14(20)12-13(17)16(2,3)19(15(12)21)10-11-8-6-5-7-9-11/h5-9H,4,10,17H2,1-3H3,(H,18,20). The molecule has 0 bridgehead atoms. The molecule has 0 saturated heterocycles. The highest BCUT2D eigenvalue weighted by molar-refractivity contribution is 6.21. The van der Waals surface area contributed by atoms with Crippen molar-refractivity contribution in [2.24, 2.45) is 5.73 Å². The van der Waals surface area contributed by atoms with Crippen molar-refractivity contribution in [2.45, 2.75) is 32.9 Å². The van der Waals surface area contributed by atoms with Crippen LogP contribution >= 0.6 is 0 Å². The minimum Gasteiger partial charge on any atom is -0.399 e. The van der Waals surface area contributed by atoms with Crippen LogP contribution in [-0.4, -0.2) is 28.8 Å². The number of likely N-dealkylation sites (N-methyl/N-ethyl adjacent to an activating group) is 1. The molecule has 1 aliphatic rings. The second-order valence-electron chi connectivity index (χ2n) is 5.58. The molecular formula is C16H21N3O2. The molecule has 0 saturated carbocycles. The first-order valence-electron chi connectivity index (χ1n) is 7.04. The molecule has 3 N–H and O–H groups in total. The molecule has 0 unspecified atom stereocenters. The molecule has 1 aromatic rings. The van der Waals surface area contributed by atoms with Gasteiger partial charge in [-0.25, -0.2) is 0 Å². The number of nitrogens with one attached hydrogen (secondary N) is 1. The third-order valence-electron chi connectivity index (χ3n) is 3.81. The van der Waals surface area contributed by atoms with Gasteiger partial charge in [-0.05, 0) is 26.3 Å². The fourth-order valence-corrected chi connectivity index (χ4v) is 2.46. The van der Waals surface area contributed by atoms with Crippen LogP contribution in [0.1, 0.15) is 26.3 Å². The van der Waals surface area contributed by atoms with E-state index in [1.165, 1.54) is 0 Å². The lowest BCUT2D eigenvalue weighted by Crippen LogP contribution is -2.44. The molecule has 0 atom stereocenters. The first kappa shape index (κ1) is 15.1. The summed E-state index contributed by atoms with van der Waals surface area (Å²) >= 11 is 0. The molecule has 5 heteroatoms. The van der Waals surface area contributed by atoms with Crippen LogP contribution in [-0.2, 0) is 16.1 Å². The van der Waals surface area contributed by atoms with Crippen LogP contribution in [0.4, 0.5) is 0 Å². The molecular weight excluding hydrogens is 266 g/mol. The normalized spacial score (nSPS) is 17.3. The van der Waals surface area contributed by atoms with Crippen LogP contribution in [0.25, 0.3) is 0 Å². The highest BCUT2D eigenvalue weighted by Gasteiger charge is 2.46. The van der Waals surface area contributed by atoms with Crippen molar-refractivity contribution in [3.63, 3.8) is 0 Å². The van der Waals surface area contributed by atoms with Crippen LogP contribution in [0.2, 0.25) is 0 Å². The van der Waals surface area contributed by atoms with Gasteiger partial charge in [0.05, 0.1) is 11.2 Å². The predicted octanol–water partition coefficient (Wildman–Crippen LogP) is 1.16. The molecule has 1 aromatic carbocycles. The van der Waals surface area contributed by atoms with Gasteiger partial charge in [0.25, 0.3) is 11.8 Å². The highest BCUT2D eigenvalue weighted by atomic mass is 16.2. The Bertz CT molecular complexity index is 591. The Morgan fingerprint density at radius 1 is 1.29 bits per heavy atom. The summed E-state index contributed by atoms with van der Waals surface area (Å²) in [4.78, 5) is 26.3. The fourth-order valence-electron chi connectivity index (χ4n) is 2.46. The topological polar surface area (TPSA) is 75.4 Å². The molecule has 0 aromatic heterocycles. The minimum absolute atomic E-state index is 0.0674. The first-order chi connectivity index (χ1) is 9.89. The van der Waals surface area contributed by atoms with Gasteiger partial charge in [0, 0.05) is 13.1 Å². The van der Waals surface area contributed by atoms with Gasteiger partial charge < -0.3 is 16.0 Å². The summed E-state index contributed by atoms with van der Waals surface area (Å²) in [7, 11) is 0. The minimum atomic E-state index is -0.673. The summed E-state index contributed by atoms with van der Waals surface area (Å²) in [6.07, 6.45) is 0. The lowest BCUT2D eigenvalue weighted by atomic mass is 9.99. The van der Waals surface area contributed by atoms with E-state index in [0.717, 1.165) is 5.56 Å². The van der Waals surface area contributed by atoms with Crippen LogP contribution in [0.3, 0.4) is 0 Å². The van der Waals surface area contributed by atoms with Gasteiger partial charge >= 0.3 is 0 Å². The van der Waals surface area contributed by atoms with Crippen LogP contribution in [0, 0.1) is 0 Å². The van der Waals surface area contributed by atoms with Gasteiger partial charge in [0.2, 0.25) is 0 Å². The van der Waals surface area contributed by atoms with E-state index >= 15 is 0 Å². The molecule has 0 spiro atoms. The molecule has 112 valence electrons. The smallest absolute Gasteiger partial charge is 0.262 e. The zero-order valence-electron chi connectivity index (χ0n) is 12.6. The lowest BCUT2D eigenvalue weighted by Gasteiger charge is -2.33. The van der Waals surface area contributed by atoms with Crippen molar-refractivity contribution in [3.8, 4) is 0 Å². The van der Waals surface area contributed by atoms with Crippen LogP contribution < -0.4 is 11.1 Å². The van der Waals surface area contributed by atoms with E-state index in [0.29, 0.717) is 18.8 Å². The maximum atomic E-state index is 12.6. The number of rotatable bonds is 4. The van der Waals surface area contributed by atoms with Crippen molar-refractivity contribution >= 4 is 11.8 Å². The molecule has 1 aliphatic heterocycles. The number of carbonyl (C=O) groups excluding carboxylic acids is 2. The summed E-state index contributed by atoms with van der Waals surface area (Å²) in [6.45, 7) is 6.41. The summed E-state index contributed by atoms with van der Waals surface area (Å²) < 4.78 is 0. The van der Waals surface area contributed by atoms with Gasteiger partial charge in [-0.1, -0.05) is 30.3 Å². The van der Waals surface area contributed by atoms with Gasteiger partial charge in [0.1, 0.15) is 5.57 Å². The molecule has 21 heavy (non-hydrogen) atoms. The number of carbonyl (C=O) groups is 2. The molecule has 1 heterocycles. The Morgan fingerprint density at radius 3 is 2.48 bits per heavy atom. The lowest BCUT2D eigenvalue weighted by molar-refractivity contribution is -0.131. The summed E-state index contributed by atoms with van der Waals surface area (Å²) in [5, 5.41) is 2.65. The van der Waals surface area contributed by atoms with E-state index in [9.17, 15) is 9.59 Å². The molecule has 2 rings (SSSR count). The van der Waals surface area contributed by atoms with E-state index < -0.39 is 11.4 Å². The van der Waals surface area contributed by atoms with Crippen molar-refractivity contribution in [1.29, 1.82) is 0 Å². The monoisotopic (exact) mass is 287 g/mol. The summed E-state index contributed by atoms with van der Waals surface area (Å²) in [5.41, 5.74) is 6.80. The molecule has 5 nitrogen and oxygen atoms in total. The van der Waals surface area contributed by atoms with Crippen molar-refractivity contribution in [1.82, 2.24) is 10.2 Å². The number of hydrogen-bond acceptors (Lipinski definition) is 3. The number of amides is 2. The Kier molecular flexibility index (Phi) is 4.02. The molecule has 0 radical (unpaired) electrons. The summed E-state index contributed by atoms with van der Waals surface area (Å²) in [5.74, 6) is -0.712. The zero-order chi connectivity index (χ0) is 15.6. The maximum Gasteiger partial charge on any atom is 0.262 e. The van der Waals surface area contributed by atoms with Crippen molar-refractivity contribution < 1.29 is 9.59 Å². The molecule has 0 aliphatic carbocycles. The third kappa shape index (κ3) is 2.63. The zero-order valence-corrected chi connectivity index (χ0v) is 12.6. The predicted molar refractivity (Wildman–Crippen MR) is 81.0 cm³/mol. The largest absolute Gasteiger partial charge is 0.399 e. The Hall–Kier alpha value is -2.30. The van der Waals surface area contributed by atoms with E-state index in [1.54, 1.807) is 11.8 Å². The maximum absolute atomic E-state index is 12.6. The first-order valence-corrected chi connectivity index (χ1v) is 7.04. The number of benzene rings is 1. The number of hydrogen-bond donors (Lipinski definition) is 2. The number of nitrogens with two attached hydrogens (primary N) is 1. The van der Waals surface area contributed by atoms with Gasteiger partial charge in [-0.2, -0.15) is 0 Å². The SMILES string of the molecule is CCNC(=O)C1=C(N)C(C)(C)N(Cc2ccccc2)C1=O. The second kappa shape index (κ2) is 5.60. The molecule has 2 amide bonds. The van der Waals surface area contributed by atoms with E-state index in [4.69, 9.17) is 5.73 Å². The Balaban J connectivity index is 2.31. The Morgan fingerprint density at radius 2 is 1.90 bits per heavy atom. The number of nitrogens with zero attached hydrogens (tertiary/aromatic N) is 1. The fraction of sp³-hybridized carbons (Fsp3) is 0.375. The van der Waals surface area contributed by atoms with E-state index in [2.05, 4.69) is 5.32 Å². The van der Waals surface area contributed by atoms with Crippen molar-refractivity contribution in [2.75, 3.05) is 6.54 Å². The summed E-state index contributed by atoms with van der Waals surface area (Å²) in [6, 6.07) is 9.66. The van der Waals surface area contributed by atoms with E-state index in [1.807, 2.05) is 44.2 Å². The molecule has 0 fully saturated rings. The highest BCUT2D eigenvalue weighted by Crippen LogP contribution is 2.33. The van der Waals surface area contributed by atoms with Crippen LogP contribution in [0.5, 0.6) is 0 Å². The van der Waals surface area contributed by atoms with Crippen LogP contribution in [0.15, 0.2) is 41.6 Å². The quantitative estimate of drug-likeness (QED) is 0.816. The van der Waals surface area contributed by atoms with Gasteiger partial charge in [-0.3, -0.25) is 9.59 Å². The Labute approximate surface area is 124 Å².